The Morgan fingerprint density at radius 2 is 2.21 bits per heavy atom. The van der Waals surface area contributed by atoms with Crippen molar-refractivity contribution in [2.75, 3.05) is 30.5 Å². The molecule has 1 aromatic carbocycles. The Kier molecular flexibility index (Phi) is 4.06. The van der Waals surface area contributed by atoms with Gasteiger partial charge in [0.2, 0.25) is 0 Å². The topological polar surface area (TPSA) is 84.5 Å². The highest BCUT2D eigenvalue weighted by molar-refractivity contribution is 7.90. The zero-order chi connectivity index (χ0) is 13.9. The van der Waals surface area contributed by atoms with Crippen LogP contribution < -0.4 is 15.4 Å². The summed E-state index contributed by atoms with van der Waals surface area (Å²) < 4.78 is 27.2. The van der Waals surface area contributed by atoms with Gasteiger partial charge in [0.1, 0.15) is 15.6 Å². The first-order chi connectivity index (χ1) is 8.94. The Balaban J connectivity index is 1.91. The number of nitrogens with one attached hydrogen (secondary N) is 2. The maximum absolute atomic E-state index is 11.2. The smallest absolute Gasteiger partial charge is 0.262 e. The fraction of sp³-hybridized carbons (Fsp3) is 0.417. The summed E-state index contributed by atoms with van der Waals surface area (Å²) in [4.78, 5) is 11.2. The summed E-state index contributed by atoms with van der Waals surface area (Å²) in [6, 6.07) is 5.49. The van der Waals surface area contributed by atoms with E-state index >= 15 is 0 Å². The first-order valence-electron chi connectivity index (χ1n) is 5.88. The average Bonchev–Trinajstić information content (AvgIpc) is 2.33. The molecule has 0 unspecified atom stereocenters. The van der Waals surface area contributed by atoms with Crippen LogP contribution in [0.1, 0.15) is 5.56 Å². The highest BCUT2D eigenvalue weighted by atomic mass is 32.2. The van der Waals surface area contributed by atoms with Gasteiger partial charge in [0.15, 0.2) is 6.61 Å². The number of amides is 1. The number of hydrogen-bond donors (Lipinski definition) is 2. The summed E-state index contributed by atoms with van der Waals surface area (Å²) in [6.07, 6.45) is 1.21. The molecule has 0 aromatic heterocycles. The minimum atomic E-state index is -2.94. The summed E-state index contributed by atoms with van der Waals surface area (Å²) in [5.41, 5.74) is 1.61. The Morgan fingerprint density at radius 3 is 2.95 bits per heavy atom. The van der Waals surface area contributed by atoms with Crippen molar-refractivity contribution in [3.05, 3.63) is 23.8 Å². The summed E-state index contributed by atoms with van der Waals surface area (Å²) in [6.45, 7) is 0.983. The SMILES string of the molecule is CS(=O)(=O)CCNCc1ccc2c(c1)NC(=O)CO2. The number of carbonyl (C=O) groups is 1. The van der Waals surface area contributed by atoms with E-state index in [0.29, 0.717) is 24.5 Å². The minimum absolute atomic E-state index is 0.0406. The molecule has 7 heteroatoms. The lowest BCUT2D eigenvalue weighted by atomic mass is 10.1. The van der Waals surface area contributed by atoms with Crippen molar-refractivity contribution < 1.29 is 17.9 Å². The van der Waals surface area contributed by atoms with Crippen molar-refractivity contribution >= 4 is 21.4 Å². The lowest BCUT2D eigenvalue weighted by molar-refractivity contribution is -0.118. The summed E-state index contributed by atoms with van der Waals surface area (Å²) in [7, 11) is -2.94. The molecule has 1 heterocycles. The second-order valence-corrected chi connectivity index (χ2v) is 6.73. The third kappa shape index (κ3) is 4.22. The summed E-state index contributed by atoms with van der Waals surface area (Å²) in [5, 5.41) is 5.77. The monoisotopic (exact) mass is 284 g/mol. The first kappa shape index (κ1) is 13.8. The summed E-state index contributed by atoms with van der Waals surface area (Å²) >= 11 is 0. The molecule has 0 saturated carbocycles. The number of hydrogen-bond acceptors (Lipinski definition) is 5. The third-order valence-electron chi connectivity index (χ3n) is 2.66. The molecule has 6 nitrogen and oxygen atoms in total. The van der Waals surface area contributed by atoms with Gasteiger partial charge in [-0.2, -0.15) is 0 Å². The fourth-order valence-corrected chi connectivity index (χ4v) is 2.25. The highest BCUT2D eigenvalue weighted by Crippen LogP contribution is 2.28. The van der Waals surface area contributed by atoms with Crippen LogP contribution in [0.5, 0.6) is 5.75 Å². The molecule has 0 aliphatic carbocycles. The molecule has 0 atom stereocenters. The largest absolute Gasteiger partial charge is 0.482 e. The van der Waals surface area contributed by atoms with E-state index in [1.54, 1.807) is 6.07 Å². The van der Waals surface area contributed by atoms with Crippen LogP contribution in [-0.2, 0) is 21.2 Å². The minimum Gasteiger partial charge on any atom is -0.482 e. The van der Waals surface area contributed by atoms with Crippen LogP contribution in [0, 0.1) is 0 Å². The number of ether oxygens (including phenoxy) is 1. The number of benzene rings is 1. The van der Waals surface area contributed by atoms with Gasteiger partial charge in [-0.1, -0.05) is 6.07 Å². The molecule has 1 aliphatic heterocycles. The second-order valence-electron chi connectivity index (χ2n) is 4.47. The molecule has 1 amide bonds. The first-order valence-corrected chi connectivity index (χ1v) is 7.94. The molecular weight excluding hydrogens is 268 g/mol. The Morgan fingerprint density at radius 1 is 1.42 bits per heavy atom. The second kappa shape index (κ2) is 5.58. The molecular formula is C12H16N2O4S. The molecule has 0 saturated heterocycles. The van der Waals surface area contributed by atoms with E-state index in [-0.39, 0.29) is 18.3 Å². The van der Waals surface area contributed by atoms with Crippen molar-refractivity contribution in [1.82, 2.24) is 5.32 Å². The van der Waals surface area contributed by atoms with E-state index in [4.69, 9.17) is 4.74 Å². The average molecular weight is 284 g/mol. The number of anilines is 1. The maximum atomic E-state index is 11.2. The van der Waals surface area contributed by atoms with Crippen LogP contribution in [0.15, 0.2) is 18.2 Å². The van der Waals surface area contributed by atoms with Gasteiger partial charge >= 0.3 is 0 Å². The third-order valence-corrected chi connectivity index (χ3v) is 3.60. The molecule has 1 aromatic rings. The van der Waals surface area contributed by atoms with E-state index in [1.807, 2.05) is 12.1 Å². The van der Waals surface area contributed by atoms with Gasteiger partial charge in [0, 0.05) is 19.3 Å². The van der Waals surface area contributed by atoms with E-state index < -0.39 is 9.84 Å². The molecule has 2 rings (SSSR count). The van der Waals surface area contributed by atoms with Crippen molar-refractivity contribution in [3.8, 4) is 5.75 Å². The standard InChI is InChI=1S/C12H16N2O4S/c1-19(16,17)5-4-13-7-9-2-3-11-10(6-9)14-12(15)8-18-11/h2-3,6,13H,4-5,7-8H2,1H3,(H,14,15). The molecule has 104 valence electrons. The van der Waals surface area contributed by atoms with Crippen LogP contribution in [0.3, 0.4) is 0 Å². The highest BCUT2D eigenvalue weighted by Gasteiger charge is 2.15. The van der Waals surface area contributed by atoms with Gasteiger partial charge in [-0.3, -0.25) is 4.79 Å². The Hall–Kier alpha value is -1.60. The fourth-order valence-electron chi connectivity index (χ4n) is 1.73. The molecule has 19 heavy (non-hydrogen) atoms. The number of fused-ring (bicyclic) bond motifs is 1. The molecule has 0 fully saturated rings. The van der Waals surface area contributed by atoms with E-state index in [0.717, 1.165) is 5.56 Å². The van der Waals surface area contributed by atoms with E-state index in [1.165, 1.54) is 6.26 Å². The Labute approximate surface area is 112 Å². The zero-order valence-electron chi connectivity index (χ0n) is 10.6. The summed E-state index contributed by atoms with van der Waals surface area (Å²) in [5.74, 6) is 0.590. The lowest BCUT2D eigenvalue weighted by Crippen LogP contribution is -2.26. The van der Waals surface area contributed by atoms with E-state index in [2.05, 4.69) is 10.6 Å². The van der Waals surface area contributed by atoms with Gasteiger partial charge in [0.05, 0.1) is 11.4 Å². The van der Waals surface area contributed by atoms with Crippen LogP contribution in [0.2, 0.25) is 0 Å². The van der Waals surface area contributed by atoms with Crippen molar-refractivity contribution in [1.29, 1.82) is 0 Å². The van der Waals surface area contributed by atoms with Crippen LogP contribution in [-0.4, -0.2) is 39.5 Å². The van der Waals surface area contributed by atoms with Crippen LogP contribution in [0.25, 0.3) is 0 Å². The van der Waals surface area contributed by atoms with Crippen molar-refractivity contribution in [2.24, 2.45) is 0 Å². The normalized spacial score (nSPS) is 14.5. The molecule has 1 aliphatic rings. The Bertz CT molecular complexity index is 583. The zero-order valence-corrected chi connectivity index (χ0v) is 11.4. The molecule has 0 spiro atoms. The number of sulfone groups is 1. The quantitative estimate of drug-likeness (QED) is 0.752. The molecule has 0 bridgehead atoms. The van der Waals surface area contributed by atoms with Gasteiger partial charge in [-0.25, -0.2) is 8.42 Å². The van der Waals surface area contributed by atoms with Crippen molar-refractivity contribution in [3.63, 3.8) is 0 Å². The number of rotatable bonds is 5. The number of carbonyl (C=O) groups excluding carboxylic acids is 1. The van der Waals surface area contributed by atoms with Crippen molar-refractivity contribution in [2.45, 2.75) is 6.54 Å². The molecule has 2 N–H and O–H groups in total. The van der Waals surface area contributed by atoms with Crippen LogP contribution >= 0.6 is 0 Å². The maximum Gasteiger partial charge on any atom is 0.262 e. The van der Waals surface area contributed by atoms with Gasteiger partial charge in [-0.15, -0.1) is 0 Å². The van der Waals surface area contributed by atoms with Crippen LogP contribution in [0.4, 0.5) is 5.69 Å². The van der Waals surface area contributed by atoms with E-state index in [9.17, 15) is 13.2 Å². The van der Waals surface area contributed by atoms with Gasteiger partial charge in [-0.05, 0) is 17.7 Å². The van der Waals surface area contributed by atoms with Gasteiger partial charge in [0.25, 0.3) is 5.91 Å². The predicted molar refractivity (Wildman–Crippen MR) is 72.0 cm³/mol. The molecule has 0 radical (unpaired) electrons. The van der Waals surface area contributed by atoms with Gasteiger partial charge < -0.3 is 15.4 Å². The predicted octanol–water partition coefficient (Wildman–Crippen LogP) is 0.152. The lowest BCUT2D eigenvalue weighted by Gasteiger charge is -2.18.